The molecule has 2 fully saturated rings. The fourth-order valence-electron chi connectivity index (χ4n) is 3.49. The molecule has 0 spiro atoms. The van der Waals surface area contributed by atoms with Gasteiger partial charge >= 0.3 is 0 Å². The van der Waals surface area contributed by atoms with Crippen molar-refractivity contribution in [2.45, 2.75) is 37.8 Å². The number of nitrogens with one attached hydrogen (secondary N) is 2. The highest BCUT2D eigenvalue weighted by Crippen LogP contribution is 2.35. The Hall–Kier alpha value is -1.14. The highest BCUT2D eigenvalue weighted by atomic mass is 15.4. The number of aromatic nitrogens is 3. The van der Waals surface area contributed by atoms with E-state index in [1.165, 1.54) is 32.2 Å². The van der Waals surface area contributed by atoms with Crippen LogP contribution in [0.3, 0.4) is 0 Å². The second-order valence-electron chi connectivity index (χ2n) is 5.57. The van der Waals surface area contributed by atoms with Crippen LogP contribution < -0.4 is 10.6 Å². The van der Waals surface area contributed by atoms with Gasteiger partial charge in [0, 0.05) is 20.1 Å². The first-order valence-electron chi connectivity index (χ1n) is 7.34. The fourth-order valence-corrected chi connectivity index (χ4v) is 3.49. The first-order valence-corrected chi connectivity index (χ1v) is 7.34. The molecule has 19 heavy (non-hydrogen) atoms. The molecule has 1 aromatic rings. The van der Waals surface area contributed by atoms with Crippen LogP contribution in [-0.4, -0.2) is 52.4 Å². The summed E-state index contributed by atoms with van der Waals surface area (Å²) in [6, 6.07) is 1.16. The normalized spacial score (nSPS) is 25.9. The topological polar surface area (TPSA) is 58.0 Å². The smallest absolute Gasteiger partial charge is 0.224 e. The molecule has 1 atom stereocenters. The van der Waals surface area contributed by atoms with E-state index in [0.717, 1.165) is 24.9 Å². The molecule has 1 aromatic heterocycles. The van der Waals surface area contributed by atoms with E-state index in [1.54, 1.807) is 0 Å². The number of hydrogen-bond acceptors (Lipinski definition) is 5. The second-order valence-corrected chi connectivity index (χ2v) is 5.57. The monoisotopic (exact) mass is 264 g/mol. The van der Waals surface area contributed by atoms with Crippen LogP contribution in [0, 0.1) is 0 Å². The van der Waals surface area contributed by atoms with E-state index in [0.29, 0.717) is 12.1 Å². The zero-order chi connectivity index (χ0) is 13.2. The van der Waals surface area contributed by atoms with Crippen molar-refractivity contribution in [3.63, 3.8) is 0 Å². The minimum absolute atomic E-state index is 0.447. The molecule has 2 saturated heterocycles. The number of anilines is 1. The SMILES string of the molecule is CNc1nnc(C2CCCN2C2CCNCC2)n1C. The molecule has 6 heteroatoms. The third-order valence-corrected chi connectivity index (χ3v) is 4.50. The summed E-state index contributed by atoms with van der Waals surface area (Å²) in [4.78, 5) is 2.66. The van der Waals surface area contributed by atoms with Crippen LogP contribution in [0.2, 0.25) is 0 Å². The Labute approximate surface area is 114 Å². The van der Waals surface area contributed by atoms with Crippen LogP contribution in [0.4, 0.5) is 5.95 Å². The number of nitrogens with zero attached hydrogens (tertiary/aromatic N) is 4. The minimum atomic E-state index is 0.447. The molecule has 0 bridgehead atoms. The predicted octanol–water partition coefficient (Wildman–Crippen LogP) is 0.746. The maximum absolute atomic E-state index is 4.41. The van der Waals surface area contributed by atoms with Gasteiger partial charge in [-0.3, -0.25) is 9.47 Å². The lowest BCUT2D eigenvalue weighted by molar-refractivity contribution is 0.141. The van der Waals surface area contributed by atoms with E-state index < -0.39 is 0 Å². The van der Waals surface area contributed by atoms with Crippen molar-refractivity contribution in [3.8, 4) is 0 Å². The van der Waals surface area contributed by atoms with E-state index >= 15 is 0 Å². The summed E-state index contributed by atoms with van der Waals surface area (Å²) < 4.78 is 2.10. The first kappa shape index (κ1) is 12.9. The summed E-state index contributed by atoms with van der Waals surface area (Å²) in [7, 11) is 3.95. The molecule has 2 aliphatic heterocycles. The number of likely N-dealkylation sites (tertiary alicyclic amines) is 1. The predicted molar refractivity (Wildman–Crippen MR) is 75.1 cm³/mol. The third-order valence-electron chi connectivity index (χ3n) is 4.50. The molecular weight excluding hydrogens is 240 g/mol. The fraction of sp³-hybridized carbons (Fsp3) is 0.846. The van der Waals surface area contributed by atoms with Crippen LogP contribution in [0.25, 0.3) is 0 Å². The Kier molecular flexibility index (Phi) is 3.70. The number of rotatable bonds is 3. The lowest BCUT2D eigenvalue weighted by atomic mass is 10.0. The van der Waals surface area contributed by atoms with Gasteiger partial charge in [0.15, 0.2) is 5.82 Å². The van der Waals surface area contributed by atoms with E-state index in [2.05, 4.69) is 37.3 Å². The zero-order valence-corrected chi connectivity index (χ0v) is 11.9. The summed E-state index contributed by atoms with van der Waals surface area (Å²) in [6.07, 6.45) is 5.00. The Balaban J connectivity index is 1.80. The standard InChI is InChI=1S/C13H24N6/c1-14-13-17-16-12(18(13)2)11-4-3-9-19(11)10-5-7-15-8-6-10/h10-11,15H,3-9H2,1-2H3,(H,14,17). The van der Waals surface area contributed by atoms with E-state index in [1.807, 2.05) is 7.05 Å². The maximum atomic E-state index is 4.41. The van der Waals surface area contributed by atoms with Gasteiger partial charge in [0.1, 0.15) is 0 Å². The molecule has 0 radical (unpaired) electrons. The van der Waals surface area contributed by atoms with Crippen LogP contribution >= 0.6 is 0 Å². The van der Waals surface area contributed by atoms with Crippen molar-refractivity contribution in [2.24, 2.45) is 7.05 Å². The largest absolute Gasteiger partial charge is 0.357 e. The molecule has 3 rings (SSSR count). The molecule has 0 saturated carbocycles. The third kappa shape index (κ3) is 2.34. The number of piperidine rings is 1. The summed E-state index contributed by atoms with van der Waals surface area (Å²) in [5, 5.41) is 15.2. The molecule has 3 heterocycles. The summed E-state index contributed by atoms with van der Waals surface area (Å²) in [6.45, 7) is 3.50. The molecule has 0 aliphatic carbocycles. The molecule has 2 aliphatic rings. The van der Waals surface area contributed by atoms with Crippen LogP contribution in [0.5, 0.6) is 0 Å². The quantitative estimate of drug-likeness (QED) is 0.843. The lowest BCUT2D eigenvalue weighted by Crippen LogP contribution is -2.43. The summed E-state index contributed by atoms with van der Waals surface area (Å²) in [5.41, 5.74) is 0. The van der Waals surface area contributed by atoms with Crippen LogP contribution in [0.15, 0.2) is 0 Å². The molecule has 2 N–H and O–H groups in total. The lowest BCUT2D eigenvalue weighted by Gasteiger charge is -2.35. The van der Waals surface area contributed by atoms with E-state index in [4.69, 9.17) is 0 Å². The average molecular weight is 264 g/mol. The summed E-state index contributed by atoms with van der Waals surface area (Å²) >= 11 is 0. The van der Waals surface area contributed by atoms with E-state index in [9.17, 15) is 0 Å². The summed E-state index contributed by atoms with van der Waals surface area (Å²) in [5.74, 6) is 1.97. The van der Waals surface area contributed by atoms with Crippen molar-refractivity contribution in [1.29, 1.82) is 0 Å². The maximum Gasteiger partial charge on any atom is 0.224 e. The highest BCUT2D eigenvalue weighted by molar-refractivity contribution is 5.25. The van der Waals surface area contributed by atoms with Gasteiger partial charge in [0.25, 0.3) is 0 Å². The Morgan fingerprint density at radius 1 is 1.21 bits per heavy atom. The van der Waals surface area contributed by atoms with Crippen LogP contribution in [-0.2, 0) is 7.05 Å². The highest BCUT2D eigenvalue weighted by Gasteiger charge is 2.35. The van der Waals surface area contributed by atoms with Crippen molar-refractivity contribution in [3.05, 3.63) is 5.82 Å². The van der Waals surface area contributed by atoms with Crippen molar-refractivity contribution in [1.82, 2.24) is 25.0 Å². The van der Waals surface area contributed by atoms with Gasteiger partial charge in [-0.15, -0.1) is 10.2 Å². The number of hydrogen-bond donors (Lipinski definition) is 2. The first-order chi connectivity index (χ1) is 9.31. The van der Waals surface area contributed by atoms with Crippen molar-refractivity contribution in [2.75, 3.05) is 32.0 Å². The van der Waals surface area contributed by atoms with Gasteiger partial charge in [-0.1, -0.05) is 0 Å². The van der Waals surface area contributed by atoms with E-state index in [-0.39, 0.29) is 0 Å². The zero-order valence-electron chi connectivity index (χ0n) is 11.9. The van der Waals surface area contributed by atoms with Gasteiger partial charge < -0.3 is 10.6 Å². The molecule has 106 valence electrons. The Morgan fingerprint density at radius 3 is 2.68 bits per heavy atom. The molecule has 0 aromatic carbocycles. The van der Waals surface area contributed by atoms with Gasteiger partial charge in [0.05, 0.1) is 6.04 Å². The van der Waals surface area contributed by atoms with Crippen molar-refractivity contribution < 1.29 is 0 Å². The van der Waals surface area contributed by atoms with Crippen molar-refractivity contribution >= 4 is 5.95 Å². The molecule has 1 unspecified atom stereocenters. The Morgan fingerprint density at radius 2 is 2.00 bits per heavy atom. The van der Waals surface area contributed by atoms with Gasteiger partial charge in [0.2, 0.25) is 5.95 Å². The average Bonchev–Trinajstić information content (AvgIpc) is 3.05. The van der Waals surface area contributed by atoms with Gasteiger partial charge in [-0.2, -0.15) is 0 Å². The second kappa shape index (κ2) is 5.46. The van der Waals surface area contributed by atoms with Crippen LogP contribution in [0.1, 0.15) is 37.5 Å². The molecular formula is C13H24N6. The Bertz CT molecular complexity index is 423. The van der Waals surface area contributed by atoms with Gasteiger partial charge in [-0.25, -0.2) is 0 Å². The molecule has 0 amide bonds. The molecule has 6 nitrogen and oxygen atoms in total. The minimum Gasteiger partial charge on any atom is -0.357 e. The van der Waals surface area contributed by atoms with Gasteiger partial charge in [-0.05, 0) is 45.3 Å².